The summed E-state index contributed by atoms with van der Waals surface area (Å²) in [4.78, 5) is 0. The van der Waals surface area contributed by atoms with E-state index < -0.39 is 7.12 Å². The molecule has 0 saturated heterocycles. The van der Waals surface area contributed by atoms with Crippen molar-refractivity contribution in [3.8, 4) is 0 Å². The minimum absolute atomic E-state index is 0. The molecule has 0 unspecified atom stereocenters. The average molecular weight is 416 g/mol. The smallest absolute Gasteiger partial charge is 0.425 e. The van der Waals surface area contributed by atoms with Crippen LogP contribution in [0.25, 0.3) is 0 Å². The van der Waals surface area contributed by atoms with Crippen LogP contribution < -0.4 is 5.46 Å². The maximum absolute atomic E-state index is 8.81. The Labute approximate surface area is 66.6 Å². The molecule has 0 atom stereocenters. The second kappa shape index (κ2) is 3.55. The van der Waals surface area contributed by atoms with Crippen LogP contribution >= 0.6 is 0 Å². The van der Waals surface area contributed by atoms with Crippen LogP contribution in [0.15, 0.2) is 12.1 Å². The number of benzene rings is 1. The standard InChI is InChI=1S/C8H10BO2.Rf/c1-6-3-7(2)5-8(4-6)9(10)11;/h4-5,10-11H,1-2H3;/q-1;. The maximum Gasteiger partial charge on any atom is 0.462 e. The largest absolute Gasteiger partial charge is 0.462 e. The van der Waals surface area contributed by atoms with Crippen LogP contribution in [0.3, 0.4) is 0 Å². The van der Waals surface area contributed by atoms with Crippen LogP contribution in [0, 0.1) is 19.9 Å². The van der Waals surface area contributed by atoms with E-state index in [0.29, 0.717) is 5.46 Å². The molecule has 0 aliphatic rings. The van der Waals surface area contributed by atoms with Gasteiger partial charge in [-0.25, -0.2) is 0 Å². The molecule has 0 fully saturated rings. The molecule has 0 radical (unpaired) electrons. The molecule has 0 saturated carbocycles. The summed E-state index contributed by atoms with van der Waals surface area (Å²) in [5.41, 5.74) is 2.37. The summed E-state index contributed by atoms with van der Waals surface area (Å²) < 4.78 is 0. The third kappa shape index (κ3) is 2.11. The van der Waals surface area contributed by atoms with Crippen LogP contribution in [0.4, 0.5) is 0 Å². The van der Waals surface area contributed by atoms with E-state index in [1.807, 2.05) is 13.8 Å². The molecule has 0 heterocycles. The van der Waals surface area contributed by atoms with Crippen LogP contribution in [0.1, 0.15) is 11.1 Å². The van der Waals surface area contributed by atoms with Gasteiger partial charge in [0, 0.05) is 0 Å². The Morgan fingerprint density at radius 1 is 1.17 bits per heavy atom. The Hall–Kier alpha value is -1.80. The Morgan fingerprint density at radius 3 is 1.92 bits per heavy atom. The molecular formula is C8H10BO2Rf-. The monoisotopic (exact) mass is 416 g/mol. The molecule has 2 N–H and O–H groups in total. The first-order valence-electron chi connectivity index (χ1n) is 3.46. The molecule has 0 aliphatic carbocycles. The van der Waals surface area contributed by atoms with Crippen LogP contribution in [-0.2, 0) is 0 Å². The molecule has 2 nitrogen and oxygen atoms in total. The Bertz CT molecular complexity index is 243. The van der Waals surface area contributed by atoms with Crippen molar-refractivity contribution in [2.75, 3.05) is 0 Å². The SMILES string of the molecule is Cc1[c-]c(C)cc(B(O)O)c1.[Rf]. The predicted octanol–water partition coefficient (Wildman–Crippen LogP) is -0.217. The van der Waals surface area contributed by atoms with E-state index in [1.54, 1.807) is 12.1 Å². The Kier molecular flexibility index (Phi) is 3.02. The number of rotatable bonds is 1. The van der Waals surface area contributed by atoms with Crippen molar-refractivity contribution in [2.45, 2.75) is 13.8 Å². The van der Waals surface area contributed by atoms with Crippen molar-refractivity contribution < 1.29 is 10.0 Å². The van der Waals surface area contributed by atoms with Gasteiger partial charge in [-0.3, -0.25) is 0 Å². The summed E-state index contributed by atoms with van der Waals surface area (Å²) in [5.74, 6) is 0. The van der Waals surface area contributed by atoms with Gasteiger partial charge in [0.25, 0.3) is 0 Å². The molecule has 1 aromatic rings. The molecule has 0 spiro atoms. The molecule has 60 valence electrons. The Balaban J connectivity index is 0.00000121. The predicted molar refractivity (Wildman–Crippen MR) is 44.6 cm³/mol. The van der Waals surface area contributed by atoms with Crippen molar-refractivity contribution in [3.05, 3.63) is 29.3 Å². The van der Waals surface area contributed by atoms with Crippen LogP contribution in [0.2, 0.25) is 0 Å². The fraction of sp³-hybridized carbons (Fsp3) is 0.250. The summed E-state index contributed by atoms with van der Waals surface area (Å²) in [6.45, 7) is 3.75. The first-order chi connectivity index (χ1) is 5.09. The van der Waals surface area contributed by atoms with Gasteiger partial charge in [-0.05, 0) is 0 Å². The average Bonchev–Trinajstić information content (AvgIpc) is 1.85. The summed E-state index contributed by atoms with van der Waals surface area (Å²) in [6.07, 6.45) is 0. The number of aryl methyl sites for hydroxylation is 2. The minimum Gasteiger partial charge on any atom is -0.425 e. The van der Waals surface area contributed by atoms with E-state index in [2.05, 4.69) is 6.07 Å². The quantitative estimate of drug-likeness (QED) is 0.492. The van der Waals surface area contributed by atoms with Crippen LogP contribution in [0.5, 0.6) is 0 Å². The fourth-order valence-corrected chi connectivity index (χ4v) is 1.07. The number of hydrogen-bond donors (Lipinski definition) is 2. The van der Waals surface area contributed by atoms with Gasteiger partial charge < -0.3 is 10.0 Å². The van der Waals surface area contributed by atoms with Gasteiger partial charge in [0.1, 0.15) is 0 Å². The molecular weight excluding hydrogens is 406 g/mol. The topological polar surface area (TPSA) is 40.5 Å². The van der Waals surface area contributed by atoms with Gasteiger partial charge in [-0.2, -0.15) is 29.3 Å². The summed E-state index contributed by atoms with van der Waals surface area (Å²) in [7, 11) is -1.37. The summed E-state index contributed by atoms with van der Waals surface area (Å²) in [5, 5.41) is 17.6. The van der Waals surface area contributed by atoms with Gasteiger partial charge in [-0.15, -0.1) is 5.46 Å². The third-order valence-electron chi connectivity index (χ3n) is 1.46. The maximum atomic E-state index is 8.81. The fourth-order valence-electron chi connectivity index (χ4n) is 1.07. The minimum atomic E-state index is -1.37. The molecule has 1 aromatic carbocycles. The van der Waals surface area contributed by atoms with Crippen molar-refractivity contribution in [1.82, 2.24) is 0 Å². The second-order valence-corrected chi connectivity index (χ2v) is 2.65. The molecule has 12 heavy (non-hydrogen) atoms. The van der Waals surface area contributed by atoms with Gasteiger partial charge in [0.2, 0.25) is 0 Å². The number of hydrogen-bond acceptors (Lipinski definition) is 2. The van der Waals surface area contributed by atoms with Crippen molar-refractivity contribution >= 4 is 12.6 Å². The molecule has 1 rings (SSSR count). The molecule has 0 aliphatic heterocycles. The molecule has 0 amide bonds. The summed E-state index contributed by atoms with van der Waals surface area (Å²) >= 11 is 0. The first-order valence-corrected chi connectivity index (χ1v) is 3.46. The van der Waals surface area contributed by atoms with E-state index in [4.69, 9.17) is 10.0 Å². The van der Waals surface area contributed by atoms with Gasteiger partial charge in [-0.1, -0.05) is 13.8 Å². The zero-order valence-electron chi connectivity index (χ0n) is 7.33. The van der Waals surface area contributed by atoms with Gasteiger partial charge in [0.15, 0.2) is 0 Å². The third-order valence-corrected chi connectivity index (χ3v) is 1.46. The van der Waals surface area contributed by atoms with E-state index in [1.165, 1.54) is 0 Å². The normalized spacial score (nSPS) is 9.00. The molecule has 4 heteroatoms. The van der Waals surface area contributed by atoms with E-state index >= 15 is 0 Å². The van der Waals surface area contributed by atoms with Crippen molar-refractivity contribution in [2.24, 2.45) is 0 Å². The first kappa shape index (κ1) is 10.2. The van der Waals surface area contributed by atoms with Gasteiger partial charge in [0.05, 0.1) is 0 Å². The summed E-state index contributed by atoms with van der Waals surface area (Å²) in [6, 6.07) is 6.46. The van der Waals surface area contributed by atoms with E-state index in [-0.39, 0.29) is 0 Å². The molecule has 0 aromatic heterocycles. The Morgan fingerprint density at radius 2 is 1.58 bits per heavy atom. The van der Waals surface area contributed by atoms with Crippen molar-refractivity contribution in [1.29, 1.82) is 0 Å². The second-order valence-electron chi connectivity index (χ2n) is 2.65. The van der Waals surface area contributed by atoms with E-state index in [9.17, 15) is 0 Å². The van der Waals surface area contributed by atoms with E-state index in [0.717, 1.165) is 11.1 Å². The van der Waals surface area contributed by atoms with Gasteiger partial charge >= 0.3 is 7.12 Å². The zero-order valence-corrected chi connectivity index (χ0v) is 13.7. The van der Waals surface area contributed by atoms with Crippen molar-refractivity contribution in [3.63, 3.8) is 0 Å². The zero-order chi connectivity index (χ0) is 8.43. The molecule has 0 bridgehead atoms. The van der Waals surface area contributed by atoms with Crippen LogP contribution in [-0.4, -0.2) is 17.2 Å².